The summed E-state index contributed by atoms with van der Waals surface area (Å²) in [6.45, 7) is 2.38. The van der Waals surface area contributed by atoms with Gasteiger partial charge in [-0.1, -0.05) is 29.8 Å². The molecule has 1 heterocycles. The highest BCUT2D eigenvalue weighted by atomic mass is 35.5. The van der Waals surface area contributed by atoms with Crippen molar-refractivity contribution in [3.63, 3.8) is 0 Å². The lowest BCUT2D eigenvalue weighted by molar-refractivity contribution is 0.0310. The van der Waals surface area contributed by atoms with Gasteiger partial charge >= 0.3 is 0 Å². The fourth-order valence-corrected chi connectivity index (χ4v) is 3.35. The highest BCUT2D eigenvalue weighted by molar-refractivity contribution is 6.30. The molecule has 146 valence electrons. The normalized spacial score (nSPS) is 18.0. The number of nitrogens with zero attached hydrogens (tertiary/aromatic N) is 1. The van der Waals surface area contributed by atoms with Crippen LogP contribution >= 0.6 is 11.6 Å². The van der Waals surface area contributed by atoms with Gasteiger partial charge < -0.3 is 14.6 Å². The quantitative estimate of drug-likeness (QED) is 0.701. The number of aliphatic hydroxyl groups excluding tert-OH is 1. The average Bonchev–Trinajstić information content (AvgIpc) is 3.16. The first-order valence-electron chi connectivity index (χ1n) is 9.24. The first kappa shape index (κ1) is 20.1. The number of rotatable bonds is 9. The minimum atomic E-state index is -0.700. The minimum Gasteiger partial charge on any atom is -0.491 e. The van der Waals surface area contributed by atoms with Crippen molar-refractivity contribution in [1.82, 2.24) is 4.90 Å². The van der Waals surface area contributed by atoms with Crippen LogP contribution in [0.1, 0.15) is 18.4 Å². The largest absolute Gasteiger partial charge is 0.491 e. The fourth-order valence-electron chi connectivity index (χ4n) is 3.22. The van der Waals surface area contributed by atoms with E-state index in [9.17, 15) is 9.50 Å². The van der Waals surface area contributed by atoms with Crippen LogP contribution in [0, 0.1) is 5.82 Å². The lowest BCUT2D eigenvalue weighted by Gasteiger charge is -2.27. The van der Waals surface area contributed by atoms with Crippen molar-refractivity contribution in [3.05, 3.63) is 64.9 Å². The zero-order valence-corrected chi connectivity index (χ0v) is 15.9. The Morgan fingerprint density at radius 3 is 2.70 bits per heavy atom. The number of benzene rings is 2. The molecular weight excluding hydrogens is 369 g/mol. The van der Waals surface area contributed by atoms with E-state index in [1.54, 1.807) is 36.4 Å². The Hall–Kier alpha value is -1.66. The van der Waals surface area contributed by atoms with Gasteiger partial charge in [0.2, 0.25) is 0 Å². The van der Waals surface area contributed by atoms with Gasteiger partial charge in [0.1, 0.15) is 24.3 Å². The SMILES string of the molecule is O[C@H](COc1ccc(Cl)cc1)CN(Cc1ccccc1F)C[C@H]1CCCO1. The molecular formula is C21H25ClFNO3. The van der Waals surface area contributed by atoms with E-state index in [-0.39, 0.29) is 18.5 Å². The van der Waals surface area contributed by atoms with Crippen LogP contribution in [-0.4, -0.2) is 48.5 Å². The van der Waals surface area contributed by atoms with Crippen LogP contribution in [0.3, 0.4) is 0 Å². The predicted molar refractivity (Wildman–Crippen MR) is 104 cm³/mol. The summed E-state index contributed by atoms with van der Waals surface area (Å²) in [7, 11) is 0. The Kier molecular flexibility index (Phi) is 7.47. The van der Waals surface area contributed by atoms with E-state index in [0.29, 0.717) is 36.0 Å². The summed E-state index contributed by atoms with van der Waals surface area (Å²) in [6, 6.07) is 13.7. The molecule has 0 saturated carbocycles. The summed E-state index contributed by atoms with van der Waals surface area (Å²) < 4.78 is 25.4. The summed E-state index contributed by atoms with van der Waals surface area (Å²) in [5.74, 6) is 0.417. The zero-order valence-electron chi connectivity index (χ0n) is 15.2. The second-order valence-electron chi connectivity index (χ2n) is 6.84. The van der Waals surface area contributed by atoms with Gasteiger partial charge in [-0.15, -0.1) is 0 Å². The summed E-state index contributed by atoms with van der Waals surface area (Å²) in [5, 5.41) is 11.1. The Labute approximate surface area is 164 Å². The smallest absolute Gasteiger partial charge is 0.127 e. The standard InChI is InChI=1S/C21H25ClFNO3/c22-17-7-9-19(10-8-17)27-15-18(25)13-24(14-20-5-3-11-26-20)12-16-4-1-2-6-21(16)23/h1-2,4,6-10,18,20,25H,3,5,11-15H2/t18-,20+/m0/s1. The van der Waals surface area contributed by atoms with E-state index < -0.39 is 6.10 Å². The lowest BCUT2D eigenvalue weighted by Crippen LogP contribution is -2.39. The van der Waals surface area contributed by atoms with E-state index in [0.717, 1.165) is 19.4 Å². The molecule has 0 aliphatic carbocycles. The molecule has 0 radical (unpaired) electrons. The molecule has 0 unspecified atom stereocenters. The number of hydrogen-bond acceptors (Lipinski definition) is 4. The maximum absolute atomic E-state index is 14.0. The first-order valence-corrected chi connectivity index (χ1v) is 9.62. The minimum absolute atomic E-state index is 0.126. The molecule has 0 aromatic heterocycles. The van der Waals surface area contributed by atoms with E-state index >= 15 is 0 Å². The van der Waals surface area contributed by atoms with Crippen LogP contribution in [0.5, 0.6) is 5.75 Å². The van der Waals surface area contributed by atoms with Crippen LogP contribution in [0.25, 0.3) is 0 Å². The maximum Gasteiger partial charge on any atom is 0.127 e. The van der Waals surface area contributed by atoms with Crippen LogP contribution in [0.4, 0.5) is 4.39 Å². The van der Waals surface area contributed by atoms with Gasteiger partial charge in [0.05, 0.1) is 6.10 Å². The van der Waals surface area contributed by atoms with E-state index in [4.69, 9.17) is 21.1 Å². The van der Waals surface area contributed by atoms with Gasteiger partial charge in [0.25, 0.3) is 0 Å². The maximum atomic E-state index is 14.0. The molecule has 1 fully saturated rings. The number of ether oxygens (including phenoxy) is 2. The third-order valence-corrected chi connectivity index (χ3v) is 4.81. The first-order chi connectivity index (χ1) is 13.1. The lowest BCUT2D eigenvalue weighted by atomic mass is 10.1. The van der Waals surface area contributed by atoms with Gasteiger partial charge in [-0.05, 0) is 43.2 Å². The second-order valence-corrected chi connectivity index (χ2v) is 7.28. The molecule has 6 heteroatoms. The van der Waals surface area contributed by atoms with Crippen molar-refractivity contribution < 1.29 is 19.0 Å². The average molecular weight is 394 g/mol. The third kappa shape index (κ3) is 6.47. The molecule has 1 saturated heterocycles. The molecule has 0 spiro atoms. The van der Waals surface area contributed by atoms with Crippen LogP contribution < -0.4 is 4.74 Å². The van der Waals surface area contributed by atoms with Gasteiger partial charge in [-0.3, -0.25) is 4.90 Å². The molecule has 1 N–H and O–H groups in total. The molecule has 0 amide bonds. The predicted octanol–water partition coefficient (Wildman–Crippen LogP) is 3.90. The van der Waals surface area contributed by atoms with Crippen LogP contribution in [0.2, 0.25) is 5.02 Å². The molecule has 1 aliphatic heterocycles. The van der Waals surface area contributed by atoms with Crippen LogP contribution in [0.15, 0.2) is 48.5 Å². The number of halogens is 2. The van der Waals surface area contributed by atoms with Gasteiger partial charge in [0.15, 0.2) is 0 Å². The third-order valence-electron chi connectivity index (χ3n) is 4.56. The Morgan fingerprint density at radius 2 is 2.00 bits per heavy atom. The Morgan fingerprint density at radius 1 is 1.22 bits per heavy atom. The summed E-state index contributed by atoms with van der Waals surface area (Å²) in [6.07, 6.45) is 1.46. The van der Waals surface area contributed by atoms with Crippen molar-refractivity contribution in [3.8, 4) is 5.75 Å². The number of aliphatic hydroxyl groups is 1. The summed E-state index contributed by atoms with van der Waals surface area (Å²) in [5.41, 5.74) is 0.612. The molecule has 4 nitrogen and oxygen atoms in total. The topological polar surface area (TPSA) is 41.9 Å². The molecule has 2 atom stereocenters. The van der Waals surface area contributed by atoms with E-state index in [1.165, 1.54) is 6.07 Å². The molecule has 27 heavy (non-hydrogen) atoms. The second kappa shape index (κ2) is 10.0. The number of hydrogen-bond donors (Lipinski definition) is 1. The van der Waals surface area contributed by atoms with Crippen molar-refractivity contribution in [1.29, 1.82) is 0 Å². The van der Waals surface area contributed by atoms with Crippen molar-refractivity contribution >= 4 is 11.6 Å². The zero-order chi connectivity index (χ0) is 19.1. The van der Waals surface area contributed by atoms with Gasteiger partial charge in [-0.25, -0.2) is 4.39 Å². The van der Waals surface area contributed by atoms with Crippen LogP contribution in [-0.2, 0) is 11.3 Å². The molecule has 3 rings (SSSR count). The monoisotopic (exact) mass is 393 g/mol. The molecule has 2 aromatic carbocycles. The highest BCUT2D eigenvalue weighted by Crippen LogP contribution is 2.18. The Balaban J connectivity index is 1.57. The van der Waals surface area contributed by atoms with Gasteiger partial charge in [-0.2, -0.15) is 0 Å². The highest BCUT2D eigenvalue weighted by Gasteiger charge is 2.22. The summed E-state index contributed by atoms with van der Waals surface area (Å²) >= 11 is 5.86. The van der Waals surface area contributed by atoms with Crippen molar-refractivity contribution in [2.75, 3.05) is 26.3 Å². The molecule has 0 bridgehead atoms. The van der Waals surface area contributed by atoms with Gasteiger partial charge in [0, 0.05) is 36.8 Å². The van der Waals surface area contributed by atoms with E-state index in [2.05, 4.69) is 0 Å². The molecule has 2 aromatic rings. The molecule has 1 aliphatic rings. The van der Waals surface area contributed by atoms with Crippen molar-refractivity contribution in [2.24, 2.45) is 0 Å². The van der Waals surface area contributed by atoms with E-state index in [1.807, 2.05) is 11.0 Å². The Bertz CT molecular complexity index is 707. The van der Waals surface area contributed by atoms with Crippen molar-refractivity contribution in [2.45, 2.75) is 31.6 Å². The fraction of sp³-hybridized carbons (Fsp3) is 0.429. The summed E-state index contributed by atoms with van der Waals surface area (Å²) in [4.78, 5) is 2.03.